The second kappa shape index (κ2) is 4.59. The van der Waals surface area contributed by atoms with Gasteiger partial charge in [0.25, 0.3) is 0 Å². The smallest absolute Gasteiger partial charge is 0.119 e. The van der Waals surface area contributed by atoms with Crippen LogP contribution in [0.5, 0.6) is 5.75 Å². The Balaban J connectivity index is 2.17. The van der Waals surface area contributed by atoms with Crippen molar-refractivity contribution in [3.63, 3.8) is 0 Å². The first-order chi connectivity index (χ1) is 8.05. The fourth-order valence-electron chi connectivity index (χ4n) is 2.25. The van der Waals surface area contributed by atoms with E-state index in [2.05, 4.69) is 51.2 Å². The van der Waals surface area contributed by atoms with Gasteiger partial charge in [-0.1, -0.05) is 27.2 Å². The summed E-state index contributed by atoms with van der Waals surface area (Å²) in [6, 6.07) is 6.88. The zero-order chi connectivity index (χ0) is 12.5. The number of unbranched alkanes of at least 4 members (excludes halogenated alkanes) is 1. The van der Waals surface area contributed by atoms with Crippen molar-refractivity contribution in [2.45, 2.75) is 52.0 Å². The van der Waals surface area contributed by atoms with E-state index in [0.717, 1.165) is 18.8 Å². The Labute approximate surface area is 104 Å². The van der Waals surface area contributed by atoms with Crippen molar-refractivity contribution in [3.05, 3.63) is 23.8 Å². The molecule has 1 aromatic rings. The molecule has 0 radical (unpaired) electrons. The van der Waals surface area contributed by atoms with Gasteiger partial charge in [-0.25, -0.2) is 0 Å². The second-order valence-corrected chi connectivity index (χ2v) is 5.50. The van der Waals surface area contributed by atoms with E-state index in [1.54, 1.807) is 0 Å². The van der Waals surface area contributed by atoms with Gasteiger partial charge in [-0.05, 0) is 37.1 Å². The van der Waals surface area contributed by atoms with Crippen molar-refractivity contribution in [1.82, 2.24) is 0 Å². The van der Waals surface area contributed by atoms with E-state index in [0.29, 0.717) is 6.04 Å². The number of anilines is 1. The molecule has 0 amide bonds. The second-order valence-electron chi connectivity index (χ2n) is 5.50. The van der Waals surface area contributed by atoms with Crippen LogP contribution in [0.2, 0.25) is 0 Å². The largest absolute Gasteiger partial charge is 0.494 e. The third kappa shape index (κ3) is 2.26. The summed E-state index contributed by atoms with van der Waals surface area (Å²) in [5, 5.41) is 3.53. The molecule has 1 aliphatic heterocycles. The summed E-state index contributed by atoms with van der Waals surface area (Å²) >= 11 is 0. The van der Waals surface area contributed by atoms with E-state index in [9.17, 15) is 0 Å². The normalized spacial score (nSPS) is 20.8. The van der Waals surface area contributed by atoms with E-state index in [1.807, 2.05) is 0 Å². The monoisotopic (exact) mass is 233 g/mol. The number of benzene rings is 1. The van der Waals surface area contributed by atoms with Crippen molar-refractivity contribution in [2.75, 3.05) is 11.9 Å². The van der Waals surface area contributed by atoms with E-state index >= 15 is 0 Å². The molecule has 0 saturated heterocycles. The Bertz CT molecular complexity index is 398. The fraction of sp³-hybridized carbons (Fsp3) is 0.600. The summed E-state index contributed by atoms with van der Waals surface area (Å²) in [6.45, 7) is 9.80. The summed E-state index contributed by atoms with van der Waals surface area (Å²) in [4.78, 5) is 0. The predicted molar refractivity (Wildman–Crippen MR) is 73.0 cm³/mol. The van der Waals surface area contributed by atoms with Crippen molar-refractivity contribution < 1.29 is 4.74 Å². The van der Waals surface area contributed by atoms with Gasteiger partial charge in [-0.15, -0.1) is 0 Å². The summed E-state index contributed by atoms with van der Waals surface area (Å²) in [5.41, 5.74) is 2.81. The molecule has 0 fully saturated rings. The van der Waals surface area contributed by atoms with Crippen LogP contribution in [-0.4, -0.2) is 12.6 Å². The highest BCUT2D eigenvalue weighted by atomic mass is 16.5. The third-order valence-electron chi connectivity index (χ3n) is 3.91. The average molecular weight is 233 g/mol. The Hall–Kier alpha value is -1.18. The van der Waals surface area contributed by atoms with Gasteiger partial charge in [-0.2, -0.15) is 0 Å². The molecule has 0 spiro atoms. The lowest BCUT2D eigenvalue weighted by Gasteiger charge is -2.24. The van der Waals surface area contributed by atoms with Crippen molar-refractivity contribution in [2.24, 2.45) is 0 Å². The minimum Gasteiger partial charge on any atom is -0.494 e. The Morgan fingerprint density at radius 1 is 1.35 bits per heavy atom. The molecule has 0 bridgehead atoms. The lowest BCUT2D eigenvalue weighted by Crippen LogP contribution is -2.29. The summed E-state index contributed by atoms with van der Waals surface area (Å²) < 4.78 is 5.77. The predicted octanol–water partition coefficient (Wildman–Crippen LogP) is 3.96. The zero-order valence-electron chi connectivity index (χ0n) is 11.3. The highest BCUT2D eigenvalue weighted by molar-refractivity contribution is 5.63. The van der Waals surface area contributed by atoms with Gasteiger partial charge < -0.3 is 10.1 Å². The minimum absolute atomic E-state index is 0.180. The van der Waals surface area contributed by atoms with Gasteiger partial charge in [0.2, 0.25) is 0 Å². The van der Waals surface area contributed by atoms with E-state index < -0.39 is 0 Å². The molecule has 1 aromatic carbocycles. The Kier molecular flexibility index (Phi) is 3.32. The number of nitrogens with one attached hydrogen (secondary N) is 1. The first-order valence-electron chi connectivity index (χ1n) is 6.59. The fourth-order valence-corrected chi connectivity index (χ4v) is 2.25. The van der Waals surface area contributed by atoms with Gasteiger partial charge >= 0.3 is 0 Å². The molecule has 94 valence electrons. The maximum absolute atomic E-state index is 5.77. The number of hydrogen-bond acceptors (Lipinski definition) is 2. The zero-order valence-corrected chi connectivity index (χ0v) is 11.3. The van der Waals surface area contributed by atoms with Crippen LogP contribution in [0.15, 0.2) is 18.2 Å². The number of hydrogen-bond donors (Lipinski definition) is 1. The highest BCUT2D eigenvalue weighted by Crippen LogP contribution is 2.42. The molecule has 1 atom stereocenters. The maximum Gasteiger partial charge on any atom is 0.119 e. The van der Waals surface area contributed by atoms with Gasteiger partial charge in [0.1, 0.15) is 5.75 Å². The van der Waals surface area contributed by atoms with Crippen LogP contribution < -0.4 is 10.1 Å². The third-order valence-corrected chi connectivity index (χ3v) is 3.91. The van der Waals surface area contributed by atoms with Gasteiger partial charge in [-0.3, -0.25) is 0 Å². The number of fused-ring (bicyclic) bond motifs is 1. The van der Waals surface area contributed by atoms with Crippen LogP contribution in [0.3, 0.4) is 0 Å². The first kappa shape index (κ1) is 12.3. The lowest BCUT2D eigenvalue weighted by atomic mass is 9.81. The van der Waals surface area contributed by atoms with Crippen molar-refractivity contribution >= 4 is 5.69 Å². The lowest BCUT2D eigenvalue weighted by molar-refractivity contribution is 0.308. The topological polar surface area (TPSA) is 21.3 Å². The molecule has 0 aromatic heterocycles. The molecule has 1 unspecified atom stereocenters. The molecule has 1 aliphatic rings. The highest BCUT2D eigenvalue weighted by Gasteiger charge is 2.36. The van der Waals surface area contributed by atoms with Crippen LogP contribution in [0, 0.1) is 0 Å². The molecule has 2 heteroatoms. The standard InChI is InChI=1S/C15H23NO/c1-5-6-9-17-12-7-8-14-13(10-12)15(3,4)11(2)16-14/h7-8,10-11,16H,5-6,9H2,1-4H3. The summed E-state index contributed by atoms with van der Waals surface area (Å²) in [7, 11) is 0. The first-order valence-corrected chi connectivity index (χ1v) is 6.59. The number of rotatable bonds is 4. The summed E-state index contributed by atoms with van der Waals surface area (Å²) in [6.07, 6.45) is 2.30. The molecule has 17 heavy (non-hydrogen) atoms. The molecule has 0 saturated carbocycles. The molecule has 1 N–H and O–H groups in total. The van der Waals surface area contributed by atoms with Crippen LogP contribution >= 0.6 is 0 Å². The Morgan fingerprint density at radius 3 is 2.82 bits per heavy atom. The molecular weight excluding hydrogens is 210 g/mol. The molecule has 2 nitrogen and oxygen atoms in total. The number of ether oxygens (including phenoxy) is 1. The van der Waals surface area contributed by atoms with Crippen LogP contribution in [0.1, 0.15) is 46.1 Å². The average Bonchev–Trinajstić information content (AvgIpc) is 2.51. The Morgan fingerprint density at radius 2 is 2.12 bits per heavy atom. The van der Waals surface area contributed by atoms with Crippen LogP contribution in [0.4, 0.5) is 5.69 Å². The van der Waals surface area contributed by atoms with Crippen molar-refractivity contribution in [1.29, 1.82) is 0 Å². The maximum atomic E-state index is 5.77. The van der Waals surface area contributed by atoms with Gasteiger partial charge in [0.05, 0.1) is 6.61 Å². The van der Waals surface area contributed by atoms with Gasteiger partial charge in [0.15, 0.2) is 0 Å². The molecular formula is C15H23NO. The molecule has 1 heterocycles. The van der Waals surface area contributed by atoms with E-state index in [1.165, 1.54) is 17.7 Å². The van der Waals surface area contributed by atoms with Gasteiger partial charge in [0, 0.05) is 17.1 Å². The molecule has 0 aliphatic carbocycles. The summed E-state index contributed by atoms with van der Waals surface area (Å²) in [5.74, 6) is 1.00. The van der Waals surface area contributed by atoms with Crippen LogP contribution in [0.25, 0.3) is 0 Å². The quantitative estimate of drug-likeness (QED) is 0.795. The SMILES string of the molecule is CCCCOc1ccc2c(c1)C(C)(C)C(C)N2. The van der Waals surface area contributed by atoms with Crippen LogP contribution in [-0.2, 0) is 5.41 Å². The molecule has 2 rings (SSSR count). The minimum atomic E-state index is 0.180. The van der Waals surface area contributed by atoms with Crippen molar-refractivity contribution in [3.8, 4) is 5.75 Å². The van der Waals surface area contributed by atoms with E-state index in [4.69, 9.17) is 4.74 Å². The van der Waals surface area contributed by atoms with E-state index in [-0.39, 0.29) is 5.41 Å².